The van der Waals surface area contributed by atoms with Crippen LogP contribution in [0.25, 0.3) is 11.1 Å². The molecule has 212 valence electrons. The number of para-hydroxylation sites is 2. The molecule has 1 aromatic heterocycles. The number of aliphatic hydroxyl groups excluding tert-OH is 8. The summed E-state index contributed by atoms with van der Waals surface area (Å²) in [4.78, 5) is 7.79. The summed E-state index contributed by atoms with van der Waals surface area (Å²) in [5.74, 6) is -0.426. The monoisotopic (exact) mass is 565 g/mol. The van der Waals surface area contributed by atoms with E-state index in [0.717, 1.165) is 0 Å². The molecule has 1 heterocycles. The van der Waals surface area contributed by atoms with E-state index in [-0.39, 0.29) is 62.1 Å². The number of thiocarbonyl (C=S) groups is 2. The molecule has 2 aromatic rings. The molecule has 0 aliphatic heterocycles. The molecule has 0 saturated carbocycles. The Balaban J connectivity index is 0.000000564. The maximum absolute atomic E-state index is 9.40. The third-order valence-electron chi connectivity index (χ3n) is 4.78. The molecule has 1 atom stereocenters. The summed E-state index contributed by atoms with van der Waals surface area (Å²) >= 11 is 9.29. The van der Waals surface area contributed by atoms with Crippen LogP contribution in [-0.4, -0.2) is 145 Å². The van der Waals surface area contributed by atoms with Gasteiger partial charge < -0.3 is 45.3 Å². The molecule has 12 nitrogen and oxygen atoms in total. The van der Waals surface area contributed by atoms with Crippen molar-refractivity contribution in [2.24, 2.45) is 0 Å². The Labute approximate surface area is 227 Å². The topological polar surface area (TPSA) is 194 Å². The summed E-state index contributed by atoms with van der Waals surface area (Å²) in [5.41, 5.74) is 1.28. The smallest absolute Gasteiger partial charge is 0.207 e. The lowest BCUT2D eigenvalue weighted by Crippen LogP contribution is -2.32. The maximum Gasteiger partial charge on any atom is 0.207 e. The number of aromatic nitrogens is 1. The van der Waals surface area contributed by atoms with E-state index in [2.05, 4.69) is 17.2 Å². The van der Waals surface area contributed by atoms with Gasteiger partial charge in [-0.15, -0.1) is 0 Å². The van der Waals surface area contributed by atoms with Crippen LogP contribution in [0.2, 0.25) is 0 Å². The van der Waals surface area contributed by atoms with Gasteiger partial charge in [-0.1, -0.05) is 12.1 Å². The van der Waals surface area contributed by atoms with E-state index in [1.807, 2.05) is 12.1 Å². The van der Waals surface area contributed by atoms with Gasteiger partial charge in [-0.25, -0.2) is 4.98 Å². The number of rotatable bonds is 16. The number of benzene rings is 1. The fraction of sp³-hybridized carbons (Fsp3) is 0.609. The van der Waals surface area contributed by atoms with E-state index >= 15 is 0 Å². The fourth-order valence-corrected chi connectivity index (χ4v) is 3.36. The predicted molar refractivity (Wildman–Crippen MR) is 147 cm³/mol. The van der Waals surface area contributed by atoms with E-state index in [4.69, 9.17) is 52.4 Å². The van der Waals surface area contributed by atoms with Crippen molar-refractivity contribution in [1.29, 1.82) is 0 Å². The van der Waals surface area contributed by atoms with Gasteiger partial charge >= 0.3 is 0 Å². The molecule has 0 saturated heterocycles. The lowest BCUT2D eigenvalue weighted by Gasteiger charge is -2.17. The highest BCUT2D eigenvalue weighted by Gasteiger charge is 2.24. The molecule has 0 aliphatic rings. The zero-order valence-electron chi connectivity index (χ0n) is 20.7. The highest BCUT2D eigenvalue weighted by atomic mass is 32.1. The minimum atomic E-state index is -0.685. The van der Waals surface area contributed by atoms with Crippen molar-refractivity contribution in [1.82, 2.24) is 14.8 Å². The Morgan fingerprint density at radius 2 is 1.14 bits per heavy atom. The van der Waals surface area contributed by atoms with Crippen LogP contribution in [0.5, 0.6) is 0 Å². The van der Waals surface area contributed by atoms with Crippen LogP contribution in [0.3, 0.4) is 0 Å². The first-order chi connectivity index (χ1) is 17.8. The Morgan fingerprint density at radius 3 is 1.46 bits per heavy atom. The van der Waals surface area contributed by atoms with Gasteiger partial charge in [0.1, 0.15) is 11.4 Å². The van der Waals surface area contributed by atoms with Crippen molar-refractivity contribution < 1.29 is 45.3 Å². The van der Waals surface area contributed by atoms with Crippen molar-refractivity contribution >= 4 is 45.6 Å². The molecule has 1 unspecified atom stereocenters. The maximum atomic E-state index is 9.40. The van der Waals surface area contributed by atoms with Crippen molar-refractivity contribution in [2.45, 2.75) is 12.3 Å². The molecule has 0 radical (unpaired) electrons. The Hall–Kier alpha value is -1.85. The summed E-state index contributed by atoms with van der Waals surface area (Å²) in [6, 6.07) is 7.20. The first-order valence-corrected chi connectivity index (χ1v) is 12.5. The van der Waals surface area contributed by atoms with Gasteiger partial charge in [-0.3, -0.25) is 9.80 Å². The molecular weight excluding hydrogens is 526 g/mol. The highest BCUT2D eigenvalue weighted by molar-refractivity contribution is 7.80. The van der Waals surface area contributed by atoms with Gasteiger partial charge in [-0.05, 0) is 36.6 Å². The van der Waals surface area contributed by atoms with Crippen LogP contribution < -0.4 is 0 Å². The molecule has 0 aliphatic carbocycles. The number of nitrogens with zero attached hydrogens (tertiary/aromatic N) is 3. The highest BCUT2D eigenvalue weighted by Crippen LogP contribution is 2.25. The quantitative estimate of drug-likeness (QED) is 0.123. The molecular formula is C23H39N3O9S2. The molecule has 14 heteroatoms. The molecule has 1 aromatic carbocycles. The molecule has 2 rings (SSSR count). The number of hydrogen-bond donors (Lipinski definition) is 8. The van der Waals surface area contributed by atoms with Crippen LogP contribution in [0.4, 0.5) is 0 Å². The lowest BCUT2D eigenvalue weighted by molar-refractivity contribution is 0.136. The molecule has 37 heavy (non-hydrogen) atoms. The van der Waals surface area contributed by atoms with Crippen molar-refractivity contribution in [3.63, 3.8) is 0 Å². The minimum Gasteiger partial charge on any atom is -0.502 e. The van der Waals surface area contributed by atoms with E-state index in [1.54, 1.807) is 21.9 Å². The summed E-state index contributed by atoms with van der Waals surface area (Å²) in [6.45, 7) is 3.51. The standard InChI is InChI=1S/C11H9NO3S2.2C6H15NO3/c13-9(16)5-6(11(14)17)10-12-7-3-1-2-4-8(7)15-10;2*8-4-1-7(2-5-9)3-6-10/h1-4,6H,5H2,(H,13,16)(H,14,17);2*8-10H,1-6H2. The zero-order valence-corrected chi connectivity index (χ0v) is 22.4. The molecule has 0 spiro atoms. The zero-order chi connectivity index (χ0) is 28.1. The second-order valence-electron chi connectivity index (χ2n) is 7.53. The summed E-state index contributed by atoms with van der Waals surface area (Å²) < 4.78 is 5.46. The molecule has 0 bridgehead atoms. The van der Waals surface area contributed by atoms with Gasteiger partial charge in [-0.2, -0.15) is 0 Å². The van der Waals surface area contributed by atoms with E-state index in [0.29, 0.717) is 50.4 Å². The van der Waals surface area contributed by atoms with Gasteiger partial charge in [0, 0.05) is 45.7 Å². The predicted octanol–water partition coefficient (Wildman–Crippen LogP) is -0.397. The van der Waals surface area contributed by atoms with Crippen LogP contribution in [0, 0.1) is 0 Å². The van der Waals surface area contributed by atoms with E-state index in [1.165, 1.54) is 0 Å². The second kappa shape index (κ2) is 22.2. The largest absolute Gasteiger partial charge is 0.502 e. The Bertz CT molecular complexity index is 793. The molecule has 0 fully saturated rings. The average molecular weight is 566 g/mol. The van der Waals surface area contributed by atoms with Gasteiger partial charge in [0.25, 0.3) is 0 Å². The molecule has 8 N–H and O–H groups in total. The number of oxazole rings is 1. The van der Waals surface area contributed by atoms with Crippen molar-refractivity contribution in [3.8, 4) is 0 Å². The summed E-state index contributed by atoms with van der Waals surface area (Å²) in [7, 11) is 0. The number of hydrogen-bond acceptors (Lipinski definition) is 12. The van der Waals surface area contributed by atoms with Gasteiger partial charge in [0.15, 0.2) is 15.7 Å². The first kappa shape index (κ1) is 35.2. The molecule has 0 amide bonds. The van der Waals surface area contributed by atoms with Gasteiger partial charge in [0.2, 0.25) is 5.89 Å². The van der Waals surface area contributed by atoms with Gasteiger partial charge in [0.05, 0.1) is 39.6 Å². The van der Waals surface area contributed by atoms with Crippen LogP contribution >= 0.6 is 24.4 Å². The van der Waals surface area contributed by atoms with Crippen LogP contribution in [-0.2, 0) is 0 Å². The van der Waals surface area contributed by atoms with Crippen molar-refractivity contribution in [3.05, 3.63) is 30.2 Å². The fourth-order valence-electron chi connectivity index (χ4n) is 3.01. The van der Waals surface area contributed by atoms with E-state index < -0.39 is 5.92 Å². The van der Waals surface area contributed by atoms with Crippen molar-refractivity contribution in [2.75, 3.05) is 78.9 Å². The van der Waals surface area contributed by atoms with Crippen LogP contribution in [0.15, 0.2) is 28.7 Å². The second-order valence-corrected chi connectivity index (χ2v) is 8.42. The minimum absolute atomic E-state index is 0.0253. The number of fused-ring (bicyclic) bond motifs is 1. The Kier molecular flexibility index (Phi) is 21.1. The third-order valence-corrected chi connectivity index (χ3v) is 5.23. The summed E-state index contributed by atoms with van der Waals surface area (Å²) in [6.07, 6.45) is 0.0253. The van der Waals surface area contributed by atoms with Crippen LogP contribution in [0.1, 0.15) is 18.2 Å². The normalized spacial score (nSPS) is 11.6. The number of aliphatic hydroxyl groups is 8. The Morgan fingerprint density at radius 1 is 0.730 bits per heavy atom. The van der Waals surface area contributed by atoms with E-state index in [9.17, 15) is 5.11 Å². The summed E-state index contributed by atoms with van der Waals surface area (Å²) in [5, 5.41) is 68.9. The lowest BCUT2D eigenvalue weighted by atomic mass is 10.1. The first-order valence-electron chi connectivity index (χ1n) is 11.7. The average Bonchev–Trinajstić information content (AvgIpc) is 3.28. The third kappa shape index (κ3) is 15.9. The SMILES string of the molecule is OC(=S)CC(C(O)=S)c1nc2ccccc2o1.OCCN(CCO)CCO.OCCN(CCO)CCO.